The van der Waals surface area contributed by atoms with Gasteiger partial charge in [0.05, 0.1) is 0 Å². The molecular weight excluding hydrogens is 256 g/mol. The Morgan fingerprint density at radius 2 is 1.87 bits per heavy atom. The molecule has 2 aromatic carbocycles. The van der Waals surface area contributed by atoms with Crippen molar-refractivity contribution in [3.63, 3.8) is 0 Å². The Hall–Kier alpha value is -1.48. The molecule has 2 nitrogen and oxygen atoms in total. The summed E-state index contributed by atoms with van der Waals surface area (Å²) in [5.74, 6) is 0.176. The third kappa shape index (κ3) is 1.16. The molecule has 0 aliphatic rings. The van der Waals surface area contributed by atoms with Crippen LogP contribution >= 0.6 is 15.9 Å². The van der Waals surface area contributed by atoms with Gasteiger partial charge in [0.15, 0.2) is 11.3 Å². The molecule has 0 atom stereocenters. The predicted molar refractivity (Wildman–Crippen MR) is 63.1 cm³/mol. The Labute approximate surface area is 94.3 Å². The van der Waals surface area contributed by atoms with Gasteiger partial charge in [0, 0.05) is 15.2 Å². The fourth-order valence-electron chi connectivity index (χ4n) is 1.79. The smallest absolute Gasteiger partial charge is 0.177 e. The zero-order chi connectivity index (χ0) is 10.4. The molecule has 3 aromatic rings. The lowest BCUT2D eigenvalue weighted by Crippen LogP contribution is -1.68. The van der Waals surface area contributed by atoms with Crippen molar-refractivity contribution in [3.05, 3.63) is 40.9 Å². The maximum atomic E-state index is 9.65. The molecule has 0 aliphatic carbocycles. The molecule has 3 heteroatoms. The summed E-state index contributed by atoms with van der Waals surface area (Å²) in [6.45, 7) is 0. The Morgan fingerprint density at radius 1 is 1.07 bits per heavy atom. The van der Waals surface area contributed by atoms with Gasteiger partial charge in [-0.15, -0.1) is 0 Å². The zero-order valence-electron chi connectivity index (χ0n) is 7.70. The van der Waals surface area contributed by atoms with E-state index in [0.717, 1.165) is 20.8 Å². The van der Waals surface area contributed by atoms with Crippen molar-refractivity contribution in [2.45, 2.75) is 0 Å². The molecule has 0 unspecified atom stereocenters. The van der Waals surface area contributed by atoms with E-state index in [1.807, 2.05) is 30.3 Å². The number of hydrogen-bond donors (Lipinski definition) is 1. The molecule has 0 bridgehead atoms. The molecule has 0 fully saturated rings. The summed E-state index contributed by atoms with van der Waals surface area (Å²) in [5, 5.41) is 11.6. The SMILES string of the molecule is Oc1cccc2c1oc1cccc(Br)c12. The molecule has 15 heavy (non-hydrogen) atoms. The summed E-state index contributed by atoms with van der Waals surface area (Å²) in [6.07, 6.45) is 0. The number of rotatable bonds is 0. The van der Waals surface area contributed by atoms with Gasteiger partial charge in [-0.1, -0.05) is 34.1 Å². The maximum Gasteiger partial charge on any atom is 0.177 e. The van der Waals surface area contributed by atoms with Crippen LogP contribution in [0.25, 0.3) is 21.9 Å². The van der Waals surface area contributed by atoms with Crippen molar-refractivity contribution in [2.75, 3.05) is 0 Å². The predicted octanol–water partition coefficient (Wildman–Crippen LogP) is 4.05. The molecule has 1 aromatic heterocycles. The quantitative estimate of drug-likeness (QED) is 0.663. The minimum Gasteiger partial charge on any atom is -0.504 e. The lowest BCUT2D eigenvalue weighted by molar-refractivity contribution is 0.469. The number of fused-ring (bicyclic) bond motifs is 3. The van der Waals surface area contributed by atoms with Crippen LogP contribution in [0, 0.1) is 0 Å². The van der Waals surface area contributed by atoms with Crippen LogP contribution in [0.1, 0.15) is 0 Å². The van der Waals surface area contributed by atoms with Crippen molar-refractivity contribution in [1.82, 2.24) is 0 Å². The normalized spacial score (nSPS) is 11.3. The van der Waals surface area contributed by atoms with Gasteiger partial charge in [-0.05, 0) is 18.2 Å². The number of para-hydroxylation sites is 1. The van der Waals surface area contributed by atoms with Gasteiger partial charge in [-0.3, -0.25) is 0 Å². The Bertz CT molecular complexity index is 655. The van der Waals surface area contributed by atoms with Crippen molar-refractivity contribution in [3.8, 4) is 5.75 Å². The molecule has 0 saturated heterocycles. The van der Waals surface area contributed by atoms with E-state index in [4.69, 9.17) is 4.42 Å². The number of furan rings is 1. The third-order valence-electron chi connectivity index (χ3n) is 2.45. The number of hydrogen-bond acceptors (Lipinski definition) is 2. The highest BCUT2D eigenvalue weighted by Gasteiger charge is 2.11. The second-order valence-corrected chi connectivity index (χ2v) is 4.22. The van der Waals surface area contributed by atoms with Gasteiger partial charge < -0.3 is 9.52 Å². The van der Waals surface area contributed by atoms with E-state index >= 15 is 0 Å². The standard InChI is InChI=1S/C12H7BrO2/c13-8-4-2-6-10-11(8)7-3-1-5-9(14)12(7)15-10/h1-6,14H. The number of benzene rings is 2. The largest absolute Gasteiger partial charge is 0.504 e. The molecule has 0 spiro atoms. The lowest BCUT2D eigenvalue weighted by Gasteiger charge is -1.92. The van der Waals surface area contributed by atoms with Gasteiger partial charge in [-0.2, -0.15) is 0 Å². The minimum absolute atomic E-state index is 0.176. The lowest BCUT2D eigenvalue weighted by atomic mass is 10.1. The summed E-state index contributed by atoms with van der Waals surface area (Å²) in [5.41, 5.74) is 1.32. The van der Waals surface area contributed by atoms with Crippen molar-refractivity contribution in [2.24, 2.45) is 0 Å². The van der Waals surface area contributed by atoms with Gasteiger partial charge in [0.2, 0.25) is 0 Å². The van der Waals surface area contributed by atoms with Crippen LogP contribution < -0.4 is 0 Å². The summed E-state index contributed by atoms with van der Waals surface area (Å²) in [4.78, 5) is 0. The molecule has 0 amide bonds. The van der Waals surface area contributed by atoms with Crippen molar-refractivity contribution in [1.29, 1.82) is 0 Å². The third-order valence-corrected chi connectivity index (χ3v) is 3.11. The van der Waals surface area contributed by atoms with Crippen LogP contribution in [-0.2, 0) is 0 Å². The van der Waals surface area contributed by atoms with Crippen LogP contribution in [0.5, 0.6) is 5.75 Å². The van der Waals surface area contributed by atoms with E-state index in [9.17, 15) is 5.11 Å². The van der Waals surface area contributed by atoms with Crippen LogP contribution in [0.15, 0.2) is 45.3 Å². The fourth-order valence-corrected chi connectivity index (χ4v) is 2.35. The molecule has 1 N–H and O–H groups in total. The van der Waals surface area contributed by atoms with Crippen molar-refractivity contribution >= 4 is 37.9 Å². The maximum absolute atomic E-state index is 9.65. The highest BCUT2D eigenvalue weighted by molar-refractivity contribution is 9.10. The molecule has 0 aliphatic heterocycles. The topological polar surface area (TPSA) is 33.4 Å². The number of halogens is 1. The summed E-state index contributed by atoms with van der Waals surface area (Å²) < 4.78 is 6.56. The first-order valence-corrected chi connectivity index (χ1v) is 5.35. The van der Waals surface area contributed by atoms with E-state index < -0.39 is 0 Å². The van der Waals surface area contributed by atoms with E-state index in [1.54, 1.807) is 6.07 Å². The molecular formula is C12H7BrO2. The fraction of sp³-hybridized carbons (Fsp3) is 0. The second-order valence-electron chi connectivity index (χ2n) is 3.37. The van der Waals surface area contributed by atoms with Crippen LogP contribution in [0.4, 0.5) is 0 Å². The summed E-state index contributed by atoms with van der Waals surface area (Å²) in [6, 6.07) is 11.1. The first-order chi connectivity index (χ1) is 7.27. The summed E-state index contributed by atoms with van der Waals surface area (Å²) >= 11 is 3.48. The van der Waals surface area contributed by atoms with Gasteiger partial charge in [0.1, 0.15) is 5.58 Å². The Kier molecular flexibility index (Phi) is 1.76. The number of phenols is 1. The minimum atomic E-state index is 0.176. The van der Waals surface area contributed by atoms with Gasteiger partial charge >= 0.3 is 0 Å². The van der Waals surface area contributed by atoms with Crippen LogP contribution in [0.3, 0.4) is 0 Å². The van der Waals surface area contributed by atoms with Gasteiger partial charge in [-0.25, -0.2) is 0 Å². The van der Waals surface area contributed by atoms with Crippen LogP contribution in [-0.4, -0.2) is 5.11 Å². The monoisotopic (exact) mass is 262 g/mol. The molecule has 1 heterocycles. The molecule has 74 valence electrons. The highest BCUT2D eigenvalue weighted by atomic mass is 79.9. The average molecular weight is 263 g/mol. The summed E-state index contributed by atoms with van der Waals surface area (Å²) in [7, 11) is 0. The first kappa shape index (κ1) is 8.80. The van der Waals surface area contributed by atoms with Gasteiger partial charge in [0.25, 0.3) is 0 Å². The van der Waals surface area contributed by atoms with E-state index in [0.29, 0.717) is 5.58 Å². The Balaban J connectivity index is 2.65. The Morgan fingerprint density at radius 3 is 2.73 bits per heavy atom. The van der Waals surface area contributed by atoms with Crippen molar-refractivity contribution < 1.29 is 9.52 Å². The van der Waals surface area contributed by atoms with Crippen LogP contribution in [0.2, 0.25) is 0 Å². The van der Waals surface area contributed by atoms with E-state index in [-0.39, 0.29) is 5.75 Å². The van der Waals surface area contributed by atoms with E-state index in [1.165, 1.54) is 0 Å². The zero-order valence-corrected chi connectivity index (χ0v) is 9.28. The second kappa shape index (κ2) is 3.00. The first-order valence-electron chi connectivity index (χ1n) is 4.56. The average Bonchev–Trinajstić information content (AvgIpc) is 2.59. The number of phenolic OH excluding ortho intramolecular Hbond substituents is 1. The molecule has 0 radical (unpaired) electrons. The highest BCUT2D eigenvalue weighted by Crippen LogP contribution is 2.37. The van der Waals surface area contributed by atoms with E-state index in [2.05, 4.69) is 15.9 Å². The molecule has 3 rings (SSSR count). The number of aromatic hydroxyl groups is 1. The molecule has 0 saturated carbocycles.